The first-order valence-corrected chi connectivity index (χ1v) is 7.51. The number of rotatable bonds is 7. The highest BCUT2D eigenvalue weighted by Crippen LogP contribution is 2.41. The lowest BCUT2D eigenvalue weighted by Gasteiger charge is -2.35. The molecule has 0 amide bonds. The molecule has 0 aliphatic heterocycles. The number of hydrogen-bond donors (Lipinski definition) is 2. The molecule has 3 atom stereocenters. The minimum atomic E-state index is -4.04. The molecule has 0 bridgehead atoms. The molecule has 0 aromatic rings. The lowest BCUT2D eigenvalue weighted by molar-refractivity contribution is -0.186. The Labute approximate surface area is 114 Å². The summed E-state index contributed by atoms with van der Waals surface area (Å²) in [6, 6.07) is 0.0435. The van der Waals surface area contributed by atoms with Gasteiger partial charge in [-0.25, -0.2) is 0 Å². The van der Waals surface area contributed by atoms with E-state index in [-0.39, 0.29) is 24.8 Å². The molecule has 114 valence electrons. The zero-order chi connectivity index (χ0) is 14.3. The molecule has 3 unspecified atom stereocenters. The van der Waals surface area contributed by atoms with Crippen molar-refractivity contribution in [3.8, 4) is 0 Å². The first-order chi connectivity index (χ1) is 8.99. The number of hydrogen-bond acceptors (Lipinski definition) is 2. The maximum atomic E-state index is 12.8. The Hall–Kier alpha value is -0.290. The van der Waals surface area contributed by atoms with E-state index < -0.39 is 12.1 Å². The molecular formula is C14H27F3N2. The van der Waals surface area contributed by atoms with Crippen molar-refractivity contribution in [1.82, 2.24) is 5.43 Å². The van der Waals surface area contributed by atoms with Gasteiger partial charge in [-0.2, -0.15) is 13.2 Å². The highest BCUT2D eigenvalue weighted by atomic mass is 19.4. The third kappa shape index (κ3) is 5.69. The summed E-state index contributed by atoms with van der Waals surface area (Å²) in [7, 11) is 0. The lowest BCUT2D eigenvalue weighted by atomic mass is 9.76. The van der Waals surface area contributed by atoms with Gasteiger partial charge in [0.15, 0.2) is 0 Å². The molecule has 0 heterocycles. The van der Waals surface area contributed by atoms with E-state index >= 15 is 0 Å². The Morgan fingerprint density at radius 2 is 1.95 bits per heavy atom. The summed E-state index contributed by atoms with van der Waals surface area (Å²) in [5.41, 5.74) is 2.75. The molecule has 0 aromatic heterocycles. The zero-order valence-corrected chi connectivity index (χ0v) is 11.8. The van der Waals surface area contributed by atoms with Gasteiger partial charge in [0.25, 0.3) is 0 Å². The fourth-order valence-electron chi connectivity index (χ4n) is 3.14. The van der Waals surface area contributed by atoms with Gasteiger partial charge in [-0.3, -0.25) is 11.3 Å². The maximum Gasteiger partial charge on any atom is 0.391 e. The molecule has 1 saturated carbocycles. The van der Waals surface area contributed by atoms with Crippen LogP contribution in [-0.4, -0.2) is 12.2 Å². The van der Waals surface area contributed by atoms with Crippen molar-refractivity contribution in [3.05, 3.63) is 0 Å². The van der Waals surface area contributed by atoms with E-state index in [4.69, 9.17) is 5.84 Å². The number of alkyl halides is 3. The second kappa shape index (κ2) is 8.10. The summed E-state index contributed by atoms with van der Waals surface area (Å²) in [6.45, 7) is 2.15. The van der Waals surface area contributed by atoms with Crippen molar-refractivity contribution < 1.29 is 13.2 Å². The number of hydrazine groups is 1. The average molecular weight is 280 g/mol. The van der Waals surface area contributed by atoms with Crippen LogP contribution in [0.15, 0.2) is 0 Å². The molecule has 0 radical (unpaired) electrons. The molecule has 1 rings (SSSR count). The van der Waals surface area contributed by atoms with Crippen LogP contribution in [0.1, 0.15) is 64.7 Å². The van der Waals surface area contributed by atoms with Crippen LogP contribution in [0.25, 0.3) is 0 Å². The van der Waals surface area contributed by atoms with Crippen LogP contribution in [0.3, 0.4) is 0 Å². The highest BCUT2D eigenvalue weighted by Gasteiger charge is 2.43. The van der Waals surface area contributed by atoms with Gasteiger partial charge in [0.1, 0.15) is 0 Å². The van der Waals surface area contributed by atoms with E-state index in [1.807, 2.05) is 0 Å². The van der Waals surface area contributed by atoms with Gasteiger partial charge >= 0.3 is 6.18 Å². The molecule has 1 fully saturated rings. The van der Waals surface area contributed by atoms with Crippen LogP contribution < -0.4 is 11.3 Å². The van der Waals surface area contributed by atoms with Gasteiger partial charge in [-0.1, -0.05) is 39.0 Å². The van der Waals surface area contributed by atoms with E-state index in [1.54, 1.807) is 0 Å². The summed E-state index contributed by atoms with van der Waals surface area (Å²) in [5.74, 6) is 4.49. The number of nitrogens with one attached hydrogen (secondary N) is 1. The van der Waals surface area contributed by atoms with Crippen LogP contribution in [0.4, 0.5) is 13.2 Å². The van der Waals surface area contributed by atoms with Gasteiger partial charge in [-0.15, -0.1) is 0 Å². The zero-order valence-electron chi connectivity index (χ0n) is 11.8. The summed E-state index contributed by atoms with van der Waals surface area (Å²) in [4.78, 5) is 0. The maximum absolute atomic E-state index is 12.8. The smallest absolute Gasteiger partial charge is 0.271 e. The topological polar surface area (TPSA) is 38.0 Å². The quantitative estimate of drug-likeness (QED) is 0.417. The normalized spacial score (nSPS) is 26.4. The van der Waals surface area contributed by atoms with Crippen molar-refractivity contribution in [3.63, 3.8) is 0 Å². The average Bonchev–Trinajstić information content (AvgIpc) is 2.38. The van der Waals surface area contributed by atoms with E-state index in [0.29, 0.717) is 6.42 Å². The van der Waals surface area contributed by atoms with Crippen LogP contribution >= 0.6 is 0 Å². The van der Waals surface area contributed by atoms with E-state index in [1.165, 1.54) is 12.8 Å². The lowest BCUT2D eigenvalue weighted by Crippen LogP contribution is -2.44. The standard InChI is InChI=1S/C14H27F3N2/c1-2-3-4-5-9-13(19-18)11-7-6-8-12(10-11)14(15,16)17/h11-13,19H,2-10,18H2,1H3. The molecule has 19 heavy (non-hydrogen) atoms. The Morgan fingerprint density at radius 1 is 1.21 bits per heavy atom. The summed E-state index contributed by atoms with van der Waals surface area (Å²) in [6.07, 6.45) is 3.47. The number of unbranched alkanes of at least 4 members (excludes halogenated alkanes) is 3. The Morgan fingerprint density at radius 3 is 2.53 bits per heavy atom. The van der Waals surface area contributed by atoms with Crippen LogP contribution in [0.2, 0.25) is 0 Å². The van der Waals surface area contributed by atoms with Crippen molar-refractivity contribution in [1.29, 1.82) is 0 Å². The fourth-order valence-corrected chi connectivity index (χ4v) is 3.14. The molecule has 1 aliphatic carbocycles. The monoisotopic (exact) mass is 280 g/mol. The number of nitrogens with two attached hydrogens (primary N) is 1. The molecule has 3 N–H and O–H groups in total. The highest BCUT2D eigenvalue weighted by molar-refractivity contribution is 4.84. The van der Waals surface area contributed by atoms with Gasteiger partial charge in [0, 0.05) is 6.04 Å². The van der Waals surface area contributed by atoms with Gasteiger partial charge in [-0.05, 0) is 31.6 Å². The van der Waals surface area contributed by atoms with Crippen LogP contribution in [0, 0.1) is 11.8 Å². The molecule has 0 saturated heterocycles. The molecule has 2 nitrogen and oxygen atoms in total. The summed E-state index contributed by atoms with van der Waals surface area (Å²) in [5, 5.41) is 0. The molecule has 0 spiro atoms. The largest absolute Gasteiger partial charge is 0.391 e. The Bertz CT molecular complexity index is 243. The minimum absolute atomic E-state index is 0.0435. The molecular weight excluding hydrogens is 253 g/mol. The Balaban J connectivity index is 2.42. The molecule has 0 aromatic carbocycles. The van der Waals surface area contributed by atoms with Crippen molar-refractivity contribution >= 4 is 0 Å². The second-order valence-electron chi connectivity index (χ2n) is 5.79. The Kier molecular flexibility index (Phi) is 7.15. The van der Waals surface area contributed by atoms with Gasteiger partial charge in [0.2, 0.25) is 0 Å². The van der Waals surface area contributed by atoms with Gasteiger partial charge < -0.3 is 0 Å². The third-order valence-electron chi connectivity index (χ3n) is 4.33. The summed E-state index contributed by atoms with van der Waals surface area (Å²) < 4.78 is 38.3. The first-order valence-electron chi connectivity index (χ1n) is 7.51. The third-order valence-corrected chi connectivity index (χ3v) is 4.33. The van der Waals surface area contributed by atoms with E-state index in [9.17, 15) is 13.2 Å². The first kappa shape index (κ1) is 16.8. The molecule has 5 heteroatoms. The van der Waals surface area contributed by atoms with E-state index in [2.05, 4.69) is 12.3 Å². The summed E-state index contributed by atoms with van der Waals surface area (Å²) >= 11 is 0. The minimum Gasteiger partial charge on any atom is -0.271 e. The van der Waals surface area contributed by atoms with Crippen molar-refractivity contribution in [2.24, 2.45) is 17.7 Å². The fraction of sp³-hybridized carbons (Fsp3) is 1.00. The van der Waals surface area contributed by atoms with Crippen molar-refractivity contribution in [2.45, 2.75) is 76.9 Å². The van der Waals surface area contributed by atoms with Crippen LogP contribution in [-0.2, 0) is 0 Å². The van der Waals surface area contributed by atoms with Crippen LogP contribution in [0.5, 0.6) is 0 Å². The predicted molar refractivity (Wildman–Crippen MR) is 71.4 cm³/mol. The predicted octanol–water partition coefficient (Wildman–Crippen LogP) is 4.16. The second-order valence-corrected chi connectivity index (χ2v) is 5.79. The van der Waals surface area contributed by atoms with Crippen molar-refractivity contribution in [2.75, 3.05) is 0 Å². The van der Waals surface area contributed by atoms with Gasteiger partial charge in [0.05, 0.1) is 5.92 Å². The number of halogens is 3. The SMILES string of the molecule is CCCCCCC(NN)C1CCCC(C(F)(F)F)C1. The molecule has 1 aliphatic rings. The van der Waals surface area contributed by atoms with E-state index in [0.717, 1.165) is 25.7 Å².